The molecular weight excluding hydrogens is 477 g/mol. The number of carbonyl (C=O) groups is 2. The van der Waals surface area contributed by atoms with Crippen molar-refractivity contribution in [1.82, 2.24) is 15.3 Å². The summed E-state index contributed by atoms with van der Waals surface area (Å²) in [5.74, 6) is 0.610. The van der Waals surface area contributed by atoms with Crippen LogP contribution in [0.3, 0.4) is 0 Å². The predicted octanol–water partition coefficient (Wildman–Crippen LogP) is 5.57. The number of ether oxygens (including phenoxy) is 1. The molecule has 194 valence electrons. The highest BCUT2D eigenvalue weighted by molar-refractivity contribution is 5.95. The SMILES string of the molecule is Cc1c(-c2cc3cc(NC(=O)NCC4CC4)ncc3cc2F)cnc2c1N(C(=O)O)C(C(C)(C)C)CO2. The lowest BCUT2D eigenvalue weighted by Crippen LogP contribution is -2.53. The van der Waals surface area contributed by atoms with E-state index in [1.807, 2.05) is 20.8 Å². The highest BCUT2D eigenvalue weighted by Crippen LogP contribution is 2.44. The van der Waals surface area contributed by atoms with E-state index >= 15 is 4.39 Å². The topological polar surface area (TPSA) is 117 Å². The van der Waals surface area contributed by atoms with E-state index in [2.05, 4.69) is 20.6 Å². The molecule has 0 saturated heterocycles. The van der Waals surface area contributed by atoms with Crippen LogP contribution in [0.15, 0.2) is 30.6 Å². The monoisotopic (exact) mass is 507 g/mol. The van der Waals surface area contributed by atoms with Crippen molar-refractivity contribution >= 4 is 34.4 Å². The second-order valence-electron chi connectivity index (χ2n) is 10.8. The summed E-state index contributed by atoms with van der Waals surface area (Å²) in [5, 5.41) is 16.9. The van der Waals surface area contributed by atoms with Gasteiger partial charge in [0.1, 0.15) is 23.9 Å². The number of amides is 3. The Labute approximate surface area is 214 Å². The molecule has 2 aromatic heterocycles. The third kappa shape index (κ3) is 4.87. The number of fused-ring (bicyclic) bond motifs is 2. The van der Waals surface area contributed by atoms with Gasteiger partial charge in [0.2, 0.25) is 5.88 Å². The highest BCUT2D eigenvalue weighted by Gasteiger charge is 2.41. The Bertz CT molecular complexity index is 1400. The lowest BCUT2D eigenvalue weighted by Gasteiger charge is -2.42. The van der Waals surface area contributed by atoms with Gasteiger partial charge in [0.25, 0.3) is 0 Å². The minimum absolute atomic E-state index is 0.177. The lowest BCUT2D eigenvalue weighted by atomic mass is 9.85. The number of anilines is 2. The molecule has 3 N–H and O–H groups in total. The van der Waals surface area contributed by atoms with Crippen molar-refractivity contribution in [3.8, 4) is 17.0 Å². The van der Waals surface area contributed by atoms with Crippen LogP contribution >= 0.6 is 0 Å². The number of nitrogens with zero attached hydrogens (tertiary/aromatic N) is 3. The Balaban J connectivity index is 1.53. The quantitative estimate of drug-likeness (QED) is 0.425. The van der Waals surface area contributed by atoms with Gasteiger partial charge >= 0.3 is 12.1 Å². The standard InChI is InChI=1S/C27H30FN5O4/c1-14-19(12-30-24-23(14)33(26(35)36)21(13-37-24)27(2,3)4)18-7-16-9-22(29-11-17(16)8-20(18)28)32-25(34)31-10-15-5-6-15/h7-9,11-12,15,21H,5-6,10,13H2,1-4H3,(H,35,36)(H2,29,31,32,34). The van der Waals surface area contributed by atoms with Crippen LogP contribution in [0.25, 0.3) is 21.9 Å². The fourth-order valence-corrected chi connectivity index (χ4v) is 4.64. The molecule has 1 aromatic carbocycles. The zero-order valence-electron chi connectivity index (χ0n) is 21.3. The maximum absolute atomic E-state index is 15.3. The smallest absolute Gasteiger partial charge is 0.412 e. The number of hydrogen-bond acceptors (Lipinski definition) is 5. The van der Waals surface area contributed by atoms with E-state index in [1.54, 1.807) is 19.1 Å². The van der Waals surface area contributed by atoms with E-state index in [9.17, 15) is 14.7 Å². The summed E-state index contributed by atoms with van der Waals surface area (Å²) in [6, 6.07) is 3.93. The summed E-state index contributed by atoms with van der Waals surface area (Å²) < 4.78 is 21.2. The minimum atomic E-state index is -1.12. The van der Waals surface area contributed by atoms with Crippen LogP contribution in [-0.4, -0.2) is 46.4 Å². The second kappa shape index (κ2) is 9.17. The van der Waals surface area contributed by atoms with Crippen LogP contribution in [0.5, 0.6) is 5.88 Å². The van der Waals surface area contributed by atoms with Gasteiger partial charge in [0, 0.05) is 35.5 Å². The third-order valence-corrected chi connectivity index (χ3v) is 7.00. The van der Waals surface area contributed by atoms with Crippen molar-refractivity contribution in [3.05, 3.63) is 42.0 Å². The Morgan fingerprint density at radius 1 is 1.14 bits per heavy atom. The molecule has 37 heavy (non-hydrogen) atoms. The first-order valence-corrected chi connectivity index (χ1v) is 12.3. The van der Waals surface area contributed by atoms with Gasteiger partial charge in [-0.1, -0.05) is 20.8 Å². The highest BCUT2D eigenvalue weighted by atomic mass is 19.1. The molecule has 1 aliphatic heterocycles. The summed E-state index contributed by atoms with van der Waals surface area (Å²) in [4.78, 5) is 34.4. The fraction of sp³-hybridized carbons (Fsp3) is 0.407. The Morgan fingerprint density at radius 2 is 1.89 bits per heavy atom. The van der Waals surface area contributed by atoms with Crippen LogP contribution in [0.4, 0.5) is 25.5 Å². The van der Waals surface area contributed by atoms with Crippen molar-refractivity contribution in [2.24, 2.45) is 11.3 Å². The molecule has 3 heterocycles. The maximum Gasteiger partial charge on any atom is 0.412 e. The van der Waals surface area contributed by atoms with Crippen molar-refractivity contribution in [2.45, 2.75) is 46.6 Å². The Kier molecular flexibility index (Phi) is 6.13. The number of carbonyl (C=O) groups excluding carboxylic acids is 1. The fourth-order valence-electron chi connectivity index (χ4n) is 4.64. The summed E-state index contributed by atoms with van der Waals surface area (Å²) >= 11 is 0. The van der Waals surface area contributed by atoms with Crippen LogP contribution in [0, 0.1) is 24.1 Å². The summed E-state index contributed by atoms with van der Waals surface area (Å²) in [6.07, 6.45) is 4.15. The second-order valence-corrected chi connectivity index (χ2v) is 10.8. The average Bonchev–Trinajstić information content (AvgIpc) is 3.66. The molecule has 0 radical (unpaired) electrons. The Morgan fingerprint density at radius 3 is 2.57 bits per heavy atom. The first-order chi connectivity index (χ1) is 17.5. The molecule has 0 bridgehead atoms. The molecular formula is C27H30FN5O4. The van der Waals surface area contributed by atoms with Gasteiger partial charge in [-0.25, -0.2) is 23.9 Å². The van der Waals surface area contributed by atoms with E-state index in [0.717, 1.165) is 12.8 Å². The number of aromatic nitrogens is 2. The van der Waals surface area contributed by atoms with Gasteiger partial charge in [0.15, 0.2) is 0 Å². The molecule has 1 saturated carbocycles. The molecule has 1 unspecified atom stereocenters. The number of pyridine rings is 2. The first kappa shape index (κ1) is 24.7. The molecule has 3 aromatic rings. The Hall–Kier alpha value is -3.95. The van der Waals surface area contributed by atoms with Gasteiger partial charge < -0.3 is 15.2 Å². The molecule has 5 rings (SSSR count). The minimum Gasteiger partial charge on any atom is -0.474 e. The van der Waals surface area contributed by atoms with Gasteiger partial charge in [-0.3, -0.25) is 10.2 Å². The number of urea groups is 1. The van der Waals surface area contributed by atoms with E-state index in [4.69, 9.17) is 4.74 Å². The van der Waals surface area contributed by atoms with Crippen molar-refractivity contribution in [1.29, 1.82) is 0 Å². The maximum atomic E-state index is 15.3. The van der Waals surface area contributed by atoms with Gasteiger partial charge in [-0.15, -0.1) is 0 Å². The average molecular weight is 508 g/mol. The van der Waals surface area contributed by atoms with Gasteiger partial charge in [-0.05, 0) is 60.2 Å². The molecule has 9 nitrogen and oxygen atoms in total. The molecule has 0 spiro atoms. The number of rotatable bonds is 4. The van der Waals surface area contributed by atoms with Crippen LogP contribution in [0.1, 0.15) is 39.2 Å². The molecule has 2 aliphatic rings. The van der Waals surface area contributed by atoms with E-state index in [1.165, 1.54) is 23.4 Å². The van der Waals surface area contributed by atoms with E-state index in [-0.39, 0.29) is 24.1 Å². The number of benzene rings is 1. The van der Waals surface area contributed by atoms with Crippen molar-refractivity contribution in [2.75, 3.05) is 23.4 Å². The first-order valence-electron chi connectivity index (χ1n) is 12.3. The number of hydrogen-bond donors (Lipinski definition) is 3. The van der Waals surface area contributed by atoms with Gasteiger partial charge in [-0.2, -0.15) is 0 Å². The summed E-state index contributed by atoms with van der Waals surface area (Å²) in [5.41, 5.74) is 1.19. The van der Waals surface area contributed by atoms with Crippen molar-refractivity contribution in [3.63, 3.8) is 0 Å². The van der Waals surface area contributed by atoms with Crippen LogP contribution in [0.2, 0.25) is 0 Å². The van der Waals surface area contributed by atoms with E-state index in [0.29, 0.717) is 45.9 Å². The predicted molar refractivity (Wildman–Crippen MR) is 139 cm³/mol. The third-order valence-electron chi connectivity index (χ3n) is 7.00. The normalized spacial score (nSPS) is 17.2. The number of halogens is 1. The van der Waals surface area contributed by atoms with E-state index < -0.39 is 23.4 Å². The molecule has 1 atom stereocenters. The van der Waals surface area contributed by atoms with Gasteiger partial charge in [0.05, 0.1) is 6.04 Å². The number of nitrogens with one attached hydrogen (secondary N) is 2. The molecule has 3 amide bonds. The zero-order chi connectivity index (χ0) is 26.5. The summed E-state index contributed by atoms with van der Waals surface area (Å²) in [7, 11) is 0. The molecule has 1 aliphatic carbocycles. The van der Waals surface area contributed by atoms with Crippen LogP contribution in [-0.2, 0) is 0 Å². The molecule has 10 heteroatoms. The molecule has 1 fully saturated rings. The number of carboxylic acid groups (broad SMARTS) is 1. The largest absolute Gasteiger partial charge is 0.474 e. The van der Waals surface area contributed by atoms with Crippen molar-refractivity contribution < 1.29 is 23.8 Å². The van der Waals surface area contributed by atoms with Crippen LogP contribution < -0.4 is 20.3 Å². The lowest BCUT2D eigenvalue weighted by molar-refractivity contribution is 0.153. The zero-order valence-corrected chi connectivity index (χ0v) is 21.3. The summed E-state index contributed by atoms with van der Waals surface area (Å²) in [6.45, 7) is 8.40.